The van der Waals surface area contributed by atoms with E-state index in [1.807, 2.05) is 12.1 Å². The van der Waals surface area contributed by atoms with Crippen LogP contribution in [0.3, 0.4) is 0 Å². The molecule has 11 nitrogen and oxygen atoms in total. The maximum Gasteiger partial charge on any atom is 0.430 e. The van der Waals surface area contributed by atoms with Gasteiger partial charge < -0.3 is 40.2 Å². The number of carbonyl (C=O) groups excluding carboxylic acids is 4. The lowest BCUT2D eigenvalue weighted by molar-refractivity contribution is -0.944. The van der Waals surface area contributed by atoms with Crippen molar-refractivity contribution in [2.45, 2.75) is 64.4 Å². The van der Waals surface area contributed by atoms with E-state index in [9.17, 15) is 32.7 Å². The number of phenolic OH excluding ortho intramolecular Hbond substituents is 1. The van der Waals surface area contributed by atoms with Crippen LogP contribution in [0.25, 0.3) is 0 Å². The second-order valence-electron chi connectivity index (χ2n) is 12.5. The Morgan fingerprint density at radius 1 is 0.902 bits per heavy atom. The minimum absolute atomic E-state index is 0.123. The number of esters is 1. The first-order chi connectivity index (χ1) is 24.0. The molecule has 4 N–H and O–H groups in total. The zero-order valence-electron chi connectivity index (χ0n) is 28.3. The molecule has 0 unspecified atom stereocenters. The van der Waals surface area contributed by atoms with Gasteiger partial charge in [0.05, 0.1) is 37.8 Å². The number of anilines is 1. The molecular weight excluding hydrogens is 693 g/mol. The molecule has 0 saturated carbocycles. The van der Waals surface area contributed by atoms with Gasteiger partial charge in [0.15, 0.2) is 0 Å². The Bertz CT molecular complexity index is 1600. The first kappa shape index (κ1) is 40.6. The molecule has 0 spiro atoms. The molecule has 51 heavy (non-hydrogen) atoms. The fourth-order valence-electron chi connectivity index (χ4n) is 5.53. The summed E-state index contributed by atoms with van der Waals surface area (Å²) in [5, 5.41) is 27.8. The van der Waals surface area contributed by atoms with Crippen LogP contribution in [0.5, 0.6) is 5.75 Å². The molecule has 0 bridgehead atoms. The molecule has 4 rings (SSSR count). The number of alkyl halides is 3. The first-order valence-electron chi connectivity index (χ1n) is 16.4. The maximum absolute atomic E-state index is 13.5. The SMILES string of the molecule is CC(C)OC(=O)c1ccc(NC(=O)N[C@@H](Cc2ccc(O)cc2)C(=O)NCC[N+]2(Cc3ccc(Cl)cc3)CCCCC2)cc1.O=C([O-])C(F)(F)F. The fraction of sp³-hybridized carbons (Fsp3) is 0.389. The third-order valence-electron chi connectivity index (χ3n) is 8.03. The molecule has 1 heterocycles. The van der Waals surface area contributed by atoms with Crippen LogP contribution in [0.15, 0.2) is 72.8 Å². The number of nitrogens with one attached hydrogen (secondary N) is 3. The lowest BCUT2D eigenvalue weighted by Gasteiger charge is -2.42. The van der Waals surface area contributed by atoms with Crippen molar-refractivity contribution >= 4 is 41.2 Å². The van der Waals surface area contributed by atoms with Gasteiger partial charge in [-0.25, -0.2) is 9.59 Å². The van der Waals surface area contributed by atoms with Gasteiger partial charge in [-0.3, -0.25) is 4.79 Å². The summed E-state index contributed by atoms with van der Waals surface area (Å²) < 4.78 is 37.6. The standard InChI is InChI=1S/C34H41ClN4O5.C2HF3O2/c1-24(2)44-33(42)27-10-14-29(15-11-27)37-34(43)38-31(22-25-8-16-30(40)17-9-25)32(41)36-18-21-39(19-4-3-5-20-39)23-26-6-12-28(35)13-7-26;3-2(4,5)1(6)7/h6-17,24,31H,3-5,18-23H2,1-2H3,(H3-,36,37,38,40,41,42,43);(H,6,7)/t31-;/m0./s1. The normalized spacial score (nSPS) is 14.3. The van der Waals surface area contributed by atoms with Crippen molar-refractivity contribution in [2.75, 3.05) is 31.5 Å². The molecule has 1 saturated heterocycles. The molecule has 1 aliphatic rings. The first-order valence-corrected chi connectivity index (χ1v) is 16.7. The third kappa shape index (κ3) is 14.1. The van der Waals surface area contributed by atoms with Crippen molar-refractivity contribution in [1.29, 1.82) is 0 Å². The van der Waals surface area contributed by atoms with Crippen LogP contribution in [-0.4, -0.2) is 78.0 Å². The van der Waals surface area contributed by atoms with Crippen LogP contribution in [0.4, 0.5) is 23.7 Å². The van der Waals surface area contributed by atoms with Crippen molar-refractivity contribution in [3.8, 4) is 5.75 Å². The number of likely N-dealkylation sites (tertiary alicyclic amines) is 1. The molecular formula is C36H42ClF3N4O7. The van der Waals surface area contributed by atoms with Gasteiger partial charge in [0, 0.05) is 22.7 Å². The van der Waals surface area contributed by atoms with Crippen LogP contribution >= 0.6 is 11.6 Å². The summed E-state index contributed by atoms with van der Waals surface area (Å²) >= 11 is 6.10. The van der Waals surface area contributed by atoms with Gasteiger partial charge in [-0.1, -0.05) is 35.9 Å². The molecule has 0 radical (unpaired) electrons. The van der Waals surface area contributed by atoms with E-state index in [1.54, 1.807) is 62.4 Å². The van der Waals surface area contributed by atoms with E-state index in [4.69, 9.17) is 26.2 Å². The van der Waals surface area contributed by atoms with E-state index in [2.05, 4.69) is 28.1 Å². The number of hydrogen-bond donors (Lipinski definition) is 4. The predicted molar refractivity (Wildman–Crippen MR) is 183 cm³/mol. The predicted octanol–water partition coefficient (Wildman–Crippen LogP) is 4.96. The number of ether oxygens (including phenoxy) is 1. The second-order valence-corrected chi connectivity index (χ2v) is 12.9. The maximum atomic E-state index is 13.5. The summed E-state index contributed by atoms with van der Waals surface area (Å²) in [7, 11) is 0. The zero-order chi connectivity index (χ0) is 37.6. The average Bonchev–Trinajstić information content (AvgIpc) is 3.07. The average molecular weight is 735 g/mol. The Kier molecular flexibility index (Phi) is 15.1. The van der Waals surface area contributed by atoms with Gasteiger partial charge >= 0.3 is 18.2 Å². The van der Waals surface area contributed by atoms with Crippen LogP contribution in [0.1, 0.15) is 54.6 Å². The van der Waals surface area contributed by atoms with Crippen molar-refractivity contribution in [3.05, 3.63) is 94.5 Å². The number of benzene rings is 3. The summed E-state index contributed by atoms with van der Waals surface area (Å²) in [4.78, 5) is 47.4. The number of piperidine rings is 1. The van der Waals surface area contributed by atoms with Gasteiger partial charge in [-0.05, 0) is 87.2 Å². The van der Waals surface area contributed by atoms with Gasteiger partial charge in [0.2, 0.25) is 5.91 Å². The quantitative estimate of drug-likeness (QED) is 0.151. The highest BCUT2D eigenvalue weighted by molar-refractivity contribution is 6.30. The molecule has 276 valence electrons. The topological polar surface area (TPSA) is 157 Å². The number of aliphatic carboxylic acids is 1. The molecule has 3 amide bonds. The lowest BCUT2D eigenvalue weighted by atomic mass is 10.0. The second kappa shape index (κ2) is 19.0. The van der Waals surface area contributed by atoms with Crippen LogP contribution in [0.2, 0.25) is 5.02 Å². The van der Waals surface area contributed by atoms with Crippen molar-refractivity contribution in [3.63, 3.8) is 0 Å². The van der Waals surface area contributed by atoms with E-state index in [1.165, 1.54) is 12.0 Å². The summed E-state index contributed by atoms with van der Waals surface area (Å²) in [6.45, 7) is 7.76. The number of urea groups is 1. The van der Waals surface area contributed by atoms with Crippen molar-refractivity contribution < 1.29 is 51.8 Å². The van der Waals surface area contributed by atoms with Crippen molar-refractivity contribution in [1.82, 2.24) is 10.6 Å². The molecule has 1 atom stereocenters. The minimum Gasteiger partial charge on any atom is -0.542 e. The summed E-state index contributed by atoms with van der Waals surface area (Å²) in [6, 6.07) is 19.5. The minimum atomic E-state index is -5.19. The van der Waals surface area contributed by atoms with E-state index in [0.29, 0.717) is 22.8 Å². The number of aromatic hydroxyl groups is 1. The van der Waals surface area contributed by atoms with E-state index in [0.717, 1.165) is 49.1 Å². The highest BCUT2D eigenvalue weighted by atomic mass is 35.5. The molecule has 0 aliphatic carbocycles. The highest BCUT2D eigenvalue weighted by Gasteiger charge is 2.31. The highest BCUT2D eigenvalue weighted by Crippen LogP contribution is 2.23. The Morgan fingerprint density at radius 3 is 2.02 bits per heavy atom. The number of hydrogen-bond acceptors (Lipinski definition) is 7. The summed E-state index contributed by atoms with van der Waals surface area (Å²) in [5.41, 5.74) is 2.85. The number of halogens is 4. The number of carbonyl (C=O) groups is 4. The smallest absolute Gasteiger partial charge is 0.430 e. The molecule has 3 aromatic rings. The molecule has 15 heteroatoms. The number of carboxylic acids is 1. The number of quaternary nitrogens is 1. The van der Waals surface area contributed by atoms with Crippen molar-refractivity contribution in [2.24, 2.45) is 0 Å². The largest absolute Gasteiger partial charge is 0.542 e. The number of rotatable bonds is 12. The zero-order valence-corrected chi connectivity index (χ0v) is 29.1. The lowest BCUT2D eigenvalue weighted by Crippen LogP contribution is -2.55. The number of carboxylic acid groups (broad SMARTS) is 1. The van der Waals surface area contributed by atoms with Gasteiger partial charge in [0.1, 0.15) is 24.3 Å². The molecule has 1 aliphatic heterocycles. The molecule has 1 fully saturated rings. The molecule has 0 aromatic heterocycles. The fourth-order valence-corrected chi connectivity index (χ4v) is 5.66. The van der Waals surface area contributed by atoms with E-state index < -0.39 is 30.2 Å². The van der Waals surface area contributed by atoms with Gasteiger partial charge in [-0.15, -0.1) is 0 Å². The Labute approximate surface area is 299 Å². The van der Waals surface area contributed by atoms with Crippen LogP contribution in [-0.2, 0) is 27.3 Å². The summed E-state index contributed by atoms with van der Waals surface area (Å²) in [6.07, 6.45) is -1.69. The Balaban J connectivity index is 0.000000908. The number of phenols is 1. The summed E-state index contributed by atoms with van der Waals surface area (Å²) in [5.74, 6) is -3.62. The van der Waals surface area contributed by atoms with E-state index in [-0.39, 0.29) is 24.2 Å². The number of amides is 3. The van der Waals surface area contributed by atoms with Crippen LogP contribution in [0, 0.1) is 0 Å². The molecule has 3 aromatic carbocycles. The number of nitrogens with zero attached hydrogens (tertiary/aromatic N) is 1. The Morgan fingerprint density at radius 2 is 1.47 bits per heavy atom. The van der Waals surface area contributed by atoms with Crippen LogP contribution < -0.4 is 21.1 Å². The van der Waals surface area contributed by atoms with Gasteiger partial charge in [-0.2, -0.15) is 13.2 Å². The Hall–Kier alpha value is -4.82. The van der Waals surface area contributed by atoms with Gasteiger partial charge in [0.25, 0.3) is 0 Å². The third-order valence-corrected chi connectivity index (χ3v) is 8.28. The monoisotopic (exact) mass is 734 g/mol. The van der Waals surface area contributed by atoms with E-state index >= 15 is 0 Å².